The fraction of sp³-hybridized carbons (Fsp3) is 0.311. The van der Waals surface area contributed by atoms with Crippen LogP contribution in [0.25, 0.3) is 22.2 Å². The van der Waals surface area contributed by atoms with E-state index < -0.39 is 33.7 Å². The monoisotopic (exact) mass is 849 g/mol. The van der Waals surface area contributed by atoms with E-state index >= 15 is 8.78 Å². The van der Waals surface area contributed by atoms with Gasteiger partial charge in [0.1, 0.15) is 18.4 Å². The summed E-state index contributed by atoms with van der Waals surface area (Å²) in [4.78, 5) is 54.2. The normalized spacial score (nSPS) is 14.8. The molecular formula is C45H47F2N8O7+. The fourth-order valence-electron chi connectivity index (χ4n) is 7.71. The van der Waals surface area contributed by atoms with Crippen LogP contribution >= 0.6 is 0 Å². The number of aliphatic imine (C=N–C) groups is 1. The lowest BCUT2D eigenvalue weighted by atomic mass is 10.00. The number of rotatable bonds is 16. The summed E-state index contributed by atoms with van der Waals surface area (Å²) >= 11 is 0. The van der Waals surface area contributed by atoms with E-state index in [1.54, 1.807) is 37.3 Å². The molecule has 0 aliphatic carbocycles. The van der Waals surface area contributed by atoms with Gasteiger partial charge >= 0.3 is 5.82 Å². The van der Waals surface area contributed by atoms with E-state index in [1.807, 2.05) is 38.4 Å². The third-order valence-corrected chi connectivity index (χ3v) is 10.9. The number of nitrogens with one attached hydrogen (secondary N) is 1. The molecule has 4 heterocycles. The summed E-state index contributed by atoms with van der Waals surface area (Å²) in [5.74, 6) is -2.90. The van der Waals surface area contributed by atoms with Gasteiger partial charge in [-0.25, -0.2) is 13.8 Å². The number of quaternary nitrogens is 1. The second-order valence-corrected chi connectivity index (χ2v) is 15.7. The van der Waals surface area contributed by atoms with Crippen molar-refractivity contribution in [3.05, 3.63) is 134 Å². The number of benzene rings is 3. The predicted octanol–water partition coefficient (Wildman–Crippen LogP) is 6.65. The molecule has 322 valence electrons. The first kappa shape index (κ1) is 43.2. The van der Waals surface area contributed by atoms with Gasteiger partial charge < -0.3 is 39.0 Å². The molecule has 2 aliphatic rings. The van der Waals surface area contributed by atoms with E-state index in [9.17, 15) is 19.7 Å². The summed E-state index contributed by atoms with van der Waals surface area (Å²) in [7, 11) is 6.30. The Morgan fingerprint density at radius 2 is 1.76 bits per heavy atom. The fourth-order valence-corrected chi connectivity index (χ4v) is 7.71. The van der Waals surface area contributed by atoms with Gasteiger partial charge in [-0.1, -0.05) is 29.3 Å². The number of likely N-dealkylation sites (N-methyl/N-ethyl adjacent to an activating group) is 1. The number of ether oxygens (including phenoxy) is 3. The van der Waals surface area contributed by atoms with Crippen molar-refractivity contribution in [2.75, 3.05) is 77.9 Å². The lowest BCUT2D eigenvalue weighted by Crippen LogP contribution is -2.41. The van der Waals surface area contributed by atoms with E-state index in [1.165, 1.54) is 43.3 Å². The number of nitrogens with zero attached hydrogens (tertiary/aromatic N) is 7. The van der Waals surface area contributed by atoms with Crippen LogP contribution in [0.3, 0.4) is 0 Å². The Hall–Kier alpha value is -6.85. The van der Waals surface area contributed by atoms with Gasteiger partial charge in [-0.2, -0.15) is 4.98 Å². The van der Waals surface area contributed by atoms with Crippen LogP contribution in [0, 0.1) is 21.7 Å². The minimum atomic E-state index is -1.08. The van der Waals surface area contributed by atoms with Crippen molar-refractivity contribution in [1.82, 2.24) is 14.5 Å². The van der Waals surface area contributed by atoms with Crippen molar-refractivity contribution in [2.45, 2.75) is 25.8 Å². The molecule has 7 rings (SSSR count). The standard InChI is InChI=1S/C45H46F2N8O7/c1-28(30-9-6-8-29(22-30)23-35(56)10-7-19-55(2,3)27-31-15-16-48-42(31)54(58)59)53-43-32(24-36(44(53)57)39-40(46)37(60-4)25-38(61-5)41(39)47)26-49-45(51-43)50-33-11-13-34(14-12-33)52-17-20-62-21-18-52/h6-14,16,22,24-26,28H,15,17-21,23,27H2,1-5H3/p+1/b10-7+. The molecule has 5 aromatic rings. The van der Waals surface area contributed by atoms with Gasteiger partial charge in [-0.3, -0.25) is 14.2 Å². The molecular weight excluding hydrogens is 803 g/mol. The number of hydrogen-bond donors (Lipinski definition) is 1. The van der Waals surface area contributed by atoms with E-state index in [0.717, 1.165) is 24.8 Å². The number of carbonyl (C=O) groups excluding carboxylic acids is 1. The van der Waals surface area contributed by atoms with Gasteiger partial charge in [0, 0.05) is 55.0 Å². The Labute approximate surface area is 356 Å². The zero-order chi connectivity index (χ0) is 44.1. The Bertz CT molecular complexity index is 2650. The minimum absolute atomic E-state index is 0.0469. The van der Waals surface area contributed by atoms with Crippen molar-refractivity contribution >= 4 is 40.4 Å². The first-order chi connectivity index (χ1) is 29.8. The summed E-state index contributed by atoms with van der Waals surface area (Å²) in [5.41, 5.74) is 2.20. The van der Waals surface area contributed by atoms with E-state index in [0.29, 0.717) is 65.0 Å². The van der Waals surface area contributed by atoms with Crippen molar-refractivity contribution in [2.24, 2.45) is 4.99 Å². The third-order valence-electron chi connectivity index (χ3n) is 10.9. The first-order valence-electron chi connectivity index (χ1n) is 20.0. The molecule has 1 saturated heterocycles. The molecule has 15 nitrogen and oxygen atoms in total. The molecule has 1 unspecified atom stereocenters. The summed E-state index contributed by atoms with van der Waals surface area (Å²) in [5, 5.41) is 14.9. The highest BCUT2D eigenvalue weighted by Gasteiger charge is 2.29. The summed E-state index contributed by atoms with van der Waals surface area (Å²) in [6, 6.07) is 16.6. The zero-order valence-corrected chi connectivity index (χ0v) is 35.1. The van der Waals surface area contributed by atoms with E-state index in [-0.39, 0.29) is 46.7 Å². The van der Waals surface area contributed by atoms with Gasteiger partial charge in [0.05, 0.1) is 70.8 Å². The summed E-state index contributed by atoms with van der Waals surface area (Å²) < 4.78 is 49.6. The Kier molecular flexibility index (Phi) is 12.8. The van der Waals surface area contributed by atoms with Crippen LogP contribution in [-0.4, -0.2) is 104 Å². The van der Waals surface area contributed by atoms with Crippen LogP contribution in [-0.2, 0) is 16.0 Å². The predicted molar refractivity (Wildman–Crippen MR) is 232 cm³/mol. The number of morpholine rings is 1. The molecule has 0 saturated carbocycles. The highest BCUT2D eigenvalue weighted by atomic mass is 19.1. The number of hydrogen-bond acceptors (Lipinski definition) is 12. The molecule has 1 N–H and O–H groups in total. The molecule has 2 aromatic heterocycles. The van der Waals surface area contributed by atoms with Crippen molar-refractivity contribution in [3.8, 4) is 22.6 Å². The Morgan fingerprint density at radius 3 is 2.44 bits per heavy atom. The molecule has 1 fully saturated rings. The Balaban J connectivity index is 1.20. The summed E-state index contributed by atoms with van der Waals surface area (Å²) in [6.07, 6.45) is 6.73. The molecule has 62 heavy (non-hydrogen) atoms. The van der Waals surface area contributed by atoms with Crippen LogP contribution in [0.5, 0.6) is 11.5 Å². The van der Waals surface area contributed by atoms with Gasteiger partial charge in [0.15, 0.2) is 28.9 Å². The average Bonchev–Trinajstić information content (AvgIpc) is 3.72. The number of aromatic nitrogens is 3. The Morgan fingerprint density at radius 1 is 1.05 bits per heavy atom. The van der Waals surface area contributed by atoms with Gasteiger partial charge in [-0.15, -0.1) is 0 Å². The number of methoxy groups -OCH3 is 2. The van der Waals surface area contributed by atoms with Crippen molar-refractivity contribution in [3.63, 3.8) is 0 Å². The highest BCUT2D eigenvalue weighted by Crippen LogP contribution is 2.38. The number of fused-ring (bicyclic) bond motifs is 1. The highest BCUT2D eigenvalue weighted by molar-refractivity contribution is 5.91. The van der Waals surface area contributed by atoms with Crippen LogP contribution in [0.4, 0.5) is 26.1 Å². The number of carbonyl (C=O) groups is 1. The average molecular weight is 850 g/mol. The lowest BCUT2D eigenvalue weighted by molar-refractivity contribution is -0.880. The van der Waals surface area contributed by atoms with Gasteiger partial charge in [0.25, 0.3) is 5.56 Å². The van der Waals surface area contributed by atoms with Crippen molar-refractivity contribution < 1.29 is 37.2 Å². The summed E-state index contributed by atoms with van der Waals surface area (Å²) in [6.45, 7) is 5.50. The van der Waals surface area contributed by atoms with Crippen molar-refractivity contribution in [1.29, 1.82) is 0 Å². The van der Waals surface area contributed by atoms with E-state index in [4.69, 9.17) is 19.2 Å². The van der Waals surface area contributed by atoms with E-state index in [2.05, 4.69) is 20.2 Å². The molecule has 0 radical (unpaired) electrons. The quantitative estimate of drug-likeness (QED) is 0.0490. The van der Waals surface area contributed by atoms with Crippen LogP contribution in [0.1, 0.15) is 30.5 Å². The largest absolute Gasteiger partial charge is 0.494 e. The maximum atomic E-state index is 16.0. The molecule has 0 spiro atoms. The van der Waals surface area contributed by atoms with Crippen LogP contribution in [0.2, 0.25) is 0 Å². The molecule has 0 bridgehead atoms. The maximum Gasteiger partial charge on any atom is 0.368 e. The maximum absolute atomic E-state index is 16.0. The topological polar surface area (TPSA) is 163 Å². The number of allylic oxidation sites excluding steroid dienone is 1. The smallest absolute Gasteiger partial charge is 0.368 e. The second kappa shape index (κ2) is 18.4. The van der Waals surface area contributed by atoms with Crippen LogP contribution in [0.15, 0.2) is 100 Å². The zero-order valence-electron chi connectivity index (χ0n) is 35.1. The van der Waals surface area contributed by atoms with Gasteiger partial charge in [0.2, 0.25) is 5.95 Å². The molecule has 2 aliphatic heterocycles. The SMILES string of the molecule is COc1cc(OC)c(F)c(-c2cc3cnc(Nc4ccc(N5CCOCC5)cc4)nc3n(C(C)c3cccc(CC(=O)/C=C/C[N+](C)(C)CC4=C([N+](=O)[O-])N=CC4)c3)c2=O)c1F. The number of nitro groups is 1. The first-order valence-corrected chi connectivity index (χ1v) is 20.0. The van der Waals surface area contributed by atoms with Gasteiger partial charge in [-0.05, 0) is 65.5 Å². The molecule has 17 heteroatoms. The third kappa shape index (κ3) is 9.38. The lowest BCUT2D eigenvalue weighted by Gasteiger charge is -2.28. The second-order valence-electron chi connectivity index (χ2n) is 15.7. The molecule has 1 atom stereocenters. The number of halogens is 2. The molecule has 0 amide bonds. The number of anilines is 3. The number of ketones is 1. The van der Waals surface area contributed by atoms with Crippen LogP contribution < -0.4 is 25.2 Å². The number of pyridine rings is 1. The molecule has 3 aromatic carbocycles. The minimum Gasteiger partial charge on any atom is -0.494 e.